The second kappa shape index (κ2) is 13.2. The molecule has 10 nitrogen and oxygen atoms in total. The van der Waals surface area contributed by atoms with Gasteiger partial charge in [0.2, 0.25) is 5.95 Å². The molecule has 1 aliphatic rings. The van der Waals surface area contributed by atoms with Crippen molar-refractivity contribution in [2.24, 2.45) is 0 Å². The fourth-order valence-electron chi connectivity index (χ4n) is 5.92. The highest BCUT2D eigenvalue weighted by molar-refractivity contribution is 6.04. The van der Waals surface area contributed by atoms with Crippen LogP contribution in [0.5, 0.6) is 5.75 Å². The molecule has 0 spiro atoms. The molecule has 3 aromatic carbocycles. The maximum atomic E-state index is 13.3. The molecule has 0 aliphatic carbocycles. The number of amides is 1. The number of carbonyl (C=O) groups is 1. The summed E-state index contributed by atoms with van der Waals surface area (Å²) >= 11 is 0. The SMILES string of the molecule is C=C(F)C(=O)Nc1ccc2c(-c3ccccc3CNc3nc(-c4cccc(OC5CCNC5)c4)nc4c(C(C)C)cnn34)nccc2c1. The van der Waals surface area contributed by atoms with Crippen LogP contribution in [-0.2, 0) is 11.3 Å². The van der Waals surface area contributed by atoms with E-state index < -0.39 is 11.7 Å². The first kappa shape index (κ1) is 30.9. The fraction of sp³-hybridized carbons (Fsp3) is 0.216. The normalized spacial score (nSPS) is 14.5. The number of ether oxygens (including phenoxy) is 1. The summed E-state index contributed by atoms with van der Waals surface area (Å²) in [5, 5.41) is 15.8. The lowest BCUT2D eigenvalue weighted by Crippen LogP contribution is -2.19. The van der Waals surface area contributed by atoms with Gasteiger partial charge in [0, 0.05) is 47.1 Å². The highest BCUT2D eigenvalue weighted by Gasteiger charge is 2.19. The van der Waals surface area contributed by atoms with Gasteiger partial charge in [0.1, 0.15) is 11.9 Å². The zero-order valence-electron chi connectivity index (χ0n) is 26.7. The average Bonchev–Trinajstić information content (AvgIpc) is 3.77. The van der Waals surface area contributed by atoms with E-state index in [1.54, 1.807) is 22.8 Å². The van der Waals surface area contributed by atoms with Crippen molar-refractivity contribution in [1.29, 1.82) is 0 Å². The standard InChI is InChI=1S/C37H35FN8O2/c1-22(2)32-21-42-46-35(32)44-34(25-8-6-9-28(18-25)48-29-14-15-39-20-29)45-37(46)41-19-26-7-4-5-10-30(26)33-31-12-11-27(43-36(47)23(3)38)17-24(31)13-16-40-33/h4-13,16-18,21-22,29,39H,3,14-15,19-20H2,1-2H3,(H,43,47)(H,41,44,45). The van der Waals surface area contributed by atoms with Crippen LogP contribution in [0.1, 0.15) is 37.3 Å². The number of hydrogen-bond acceptors (Lipinski definition) is 8. The van der Waals surface area contributed by atoms with Gasteiger partial charge in [0.15, 0.2) is 17.3 Å². The van der Waals surface area contributed by atoms with E-state index in [1.165, 1.54) is 0 Å². The predicted octanol–water partition coefficient (Wildman–Crippen LogP) is 6.90. The topological polar surface area (TPSA) is 118 Å². The first-order chi connectivity index (χ1) is 23.3. The van der Waals surface area contributed by atoms with Crippen molar-refractivity contribution in [2.45, 2.75) is 38.8 Å². The van der Waals surface area contributed by atoms with Crippen LogP contribution in [0.3, 0.4) is 0 Å². The van der Waals surface area contributed by atoms with Crippen LogP contribution >= 0.6 is 0 Å². The van der Waals surface area contributed by atoms with Crippen molar-refractivity contribution in [2.75, 3.05) is 23.7 Å². The summed E-state index contributed by atoms with van der Waals surface area (Å²) in [7, 11) is 0. The van der Waals surface area contributed by atoms with E-state index in [4.69, 9.17) is 19.7 Å². The molecule has 242 valence electrons. The number of benzene rings is 3. The lowest BCUT2D eigenvalue weighted by Gasteiger charge is -2.15. The minimum absolute atomic E-state index is 0.143. The van der Waals surface area contributed by atoms with Crippen molar-refractivity contribution in [3.8, 4) is 28.4 Å². The van der Waals surface area contributed by atoms with Gasteiger partial charge in [-0.15, -0.1) is 0 Å². The van der Waals surface area contributed by atoms with Crippen molar-refractivity contribution >= 4 is 34.0 Å². The van der Waals surface area contributed by atoms with Crippen LogP contribution in [0.4, 0.5) is 16.0 Å². The van der Waals surface area contributed by atoms with Crippen LogP contribution in [0.2, 0.25) is 0 Å². The summed E-state index contributed by atoms with van der Waals surface area (Å²) in [5.74, 6) is 0.216. The molecule has 6 aromatic rings. The third-order valence-corrected chi connectivity index (χ3v) is 8.41. The van der Waals surface area contributed by atoms with E-state index >= 15 is 0 Å². The zero-order chi connectivity index (χ0) is 33.2. The Labute approximate surface area is 277 Å². The quantitative estimate of drug-likeness (QED) is 0.138. The number of pyridine rings is 1. The van der Waals surface area contributed by atoms with E-state index in [0.29, 0.717) is 24.0 Å². The monoisotopic (exact) mass is 642 g/mol. The van der Waals surface area contributed by atoms with Gasteiger partial charge < -0.3 is 20.7 Å². The second-order valence-corrected chi connectivity index (χ2v) is 12.1. The molecule has 1 saturated heterocycles. The van der Waals surface area contributed by atoms with Crippen molar-refractivity contribution in [3.05, 3.63) is 109 Å². The highest BCUT2D eigenvalue weighted by atomic mass is 19.1. The molecule has 0 radical (unpaired) electrons. The van der Waals surface area contributed by atoms with Gasteiger partial charge in [0.25, 0.3) is 5.91 Å². The smallest absolute Gasteiger partial charge is 0.283 e. The zero-order valence-corrected chi connectivity index (χ0v) is 26.7. The molecule has 1 unspecified atom stereocenters. The largest absolute Gasteiger partial charge is 0.489 e. The average molecular weight is 643 g/mol. The van der Waals surface area contributed by atoms with Crippen LogP contribution < -0.4 is 20.7 Å². The van der Waals surface area contributed by atoms with Gasteiger partial charge in [-0.05, 0) is 60.2 Å². The van der Waals surface area contributed by atoms with E-state index in [9.17, 15) is 9.18 Å². The van der Waals surface area contributed by atoms with Gasteiger partial charge >= 0.3 is 0 Å². The third-order valence-electron chi connectivity index (χ3n) is 8.41. The Kier molecular flexibility index (Phi) is 8.51. The molecule has 4 heterocycles. The molecule has 1 amide bonds. The number of carbonyl (C=O) groups excluding carboxylic acids is 1. The Morgan fingerprint density at radius 3 is 2.79 bits per heavy atom. The van der Waals surface area contributed by atoms with E-state index in [1.807, 2.05) is 66.9 Å². The second-order valence-electron chi connectivity index (χ2n) is 12.1. The maximum absolute atomic E-state index is 13.3. The first-order valence-corrected chi connectivity index (χ1v) is 15.9. The number of halogens is 1. The Hall–Kier alpha value is -5.68. The molecule has 11 heteroatoms. The Morgan fingerprint density at radius 2 is 1.98 bits per heavy atom. The van der Waals surface area contributed by atoms with E-state index in [-0.39, 0.29) is 12.0 Å². The summed E-state index contributed by atoms with van der Waals surface area (Å²) in [5.41, 5.74) is 5.80. The van der Waals surface area contributed by atoms with Crippen molar-refractivity contribution < 1.29 is 13.9 Å². The van der Waals surface area contributed by atoms with Gasteiger partial charge in [0.05, 0.1) is 11.9 Å². The summed E-state index contributed by atoms with van der Waals surface area (Å²) in [6.45, 7) is 9.53. The number of aromatic nitrogens is 5. The minimum atomic E-state index is -1.05. The van der Waals surface area contributed by atoms with Gasteiger partial charge in [-0.3, -0.25) is 9.78 Å². The van der Waals surface area contributed by atoms with Crippen molar-refractivity contribution in [1.82, 2.24) is 29.9 Å². The Morgan fingerprint density at radius 1 is 1.10 bits per heavy atom. The Bertz CT molecular complexity index is 2160. The van der Waals surface area contributed by atoms with Gasteiger partial charge in [-0.25, -0.2) is 9.37 Å². The minimum Gasteiger partial charge on any atom is -0.489 e. The van der Waals surface area contributed by atoms with Crippen molar-refractivity contribution in [3.63, 3.8) is 0 Å². The van der Waals surface area contributed by atoms with Gasteiger partial charge in [-0.1, -0.05) is 62.9 Å². The molecule has 0 saturated carbocycles. The van der Waals surface area contributed by atoms with Crippen LogP contribution in [0.15, 0.2) is 97.6 Å². The third kappa shape index (κ3) is 6.32. The predicted molar refractivity (Wildman–Crippen MR) is 186 cm³/mol. The van der Waals surface area contributed by atoms with E-state index in [2.05, 4.69) is 41.5 Å². The summed E-state index contributed by atoms with van der Waals surface area (Å²) in [4.78, 5) is 26.5. The lowest BCUT2D eigenvalue weighted by atomic mass is 9.99. The number of fused-ring (bicyclic) bond motifs is 2. The fourth-order valence-corrected chi connectivity index (χ4v) is 5.92. The number of anilines is 2. The summed E-state index contributed by atoms with van der Waals surface area (Å²) in [6.07, 6.45) is 4.69. The lowest BCUT2D eigenvalue weighted by molar-refractivity contribution is -0.114. The molecule has 3 N–H and O–H groups in total. The summed E-state index contributed by atoms with van der Waals surface area (Å²) in [6, 6.07) is 23.2. The molecule has 1 aliphatic heterocycles. The first-order valence-electron chi connectivity index (χ1n) is 15.9. The molecule has 1 atom stereocenters. The number of nitrogens with zero attached hydrogens (tertiary/aromatic N) is 5. The molecule has 0 bridgehead atoms. The van der Waals surface area contributed by atoms with Gasteiger partial charge in [-0.2, -0.15) is 14.6 Å². The van der Waals surface area contributed by atoms with Crippen LogP contribution in [0, 0.1) is 0 Å². The van der Waals surface area contributed by atoms with E-state index in [0.717, 1.165) is 69.6 Å². The molecular weight excluding hydrogens is 607 g/mol. The Balaban J connectivity index is 1.22. The molecule has 48 heavy (non-hydrogen) atoms. The molecule has 3 aromatic heterocycles. The summed E-state index contributed by atoms with van der Waals surface area (Å²) < 4.78 is 21.3. The molecule has 1 fully saturated rings. The molecular formula is C37H35FN8O2. The highest BCUT2D eigenvalue weighted by Crippen LogP contribution is 2.32. The van der Waals surface area contributed by atoms with Crippen LogP contribution in [0.25, 0.3) is 39.1 Å². The number of rotatable bonds is 10. The van der Waals surface area contributed by atoms with Crippen LogP contribution in [-0.4, -0.2) is 49.7 Å². The molecule has 7 rings (SSSR count). The maximum Gasteiger partial charge on any atom is 0.283 e. The number of nitrogens with one attached hydrogen (secondary N) is 3. The number of hydrogen-bond donors (Lipinski definition) is 3.